The molecular weight excluding hydrogens is 314 g/mol. The second kappa shape index (κ2) is 6.29. The van der Waals surface area contributed by atoms with E-state index in [-0.39, 0.29) is 5.91 Å². The summed E-state index contributed by atoms with van der Waals surface area (Å²) in [4.78, 5) is 25.8. The number of piperazine rings is 1. The molecule has 1 aromatic carbocycles. The van der Waals surface area contributed by atoms with Crippen molar-refractivity contribution in [2.24, 2.45) is 0 Å². The first kappa shape index (κ1) is 15.8. The van der Waals surface area contributed by atoms with E-state index in [0.717, 1.165) is 54.4 Å². The van der Waals surface area contributed by atoms with Gasteiger partial charge in [-0.1, -0.05) is 0 Å². The van der Waals surface area contributed by atoms with Gasteiger partial charge >= 0.3 is 0 Å². The summed E-state index contributed by atoms with van der Waals surface area (Å²) in [5, 5.41) is 0. The van der Waals surface area contributed by atoms with Crippen molar-refractivity contribution < 1.29 is 4.79 Å². The smallest absolute Gasteiger partial charge is 0.253 e. The summed E-state index contributed by atoms with van der Waals surface area (Å²) in [7, 11) is 2.09. The Hall–Kier alpha value is -2.73. The monoisotopic (exact) mass is 335 g/mol. The number of fused-ring (bicyclic) bond motifs is 1. The van der Waals surface area contributed by atoms with Crippen LogP contribution in [0.3, 0.4) is 0 Å². The first-order chi connectivity index (χ1) is 12.1. The molecule has 0 saturated carbocycles. The Morgan fingerprint density at radius 1 is 1.04 bits per heavy atom. The Bertz CT molecular complexity index is 907. The van der Waals surface area contributed by atoms with Gasteiger partial charge in [-0.05, 0) is 50.4 Å². The van der Waals surface area contributed by atoms with Crippen LogP contribution in [-0.4, -0.2) is 63.5 Å². The molecule has 6 nitrogen and oxygen atoms in total. The molecule has 0 aliphatic carbocycles. The number of aromatic nitrogens is 3. The zero-order valence-electron chi connectivity index (χ0n) is 14.5. The number of aryl methyl sites for hydroxylation is 1. The molecule has 0 N–H and O–H groups in total. The lowest BCUT2D eigenvalue weighted by Crippen LogP contribution is -2.47. The average molecular weight is 335 g/mol. The van der Waals surface area contributed by atoms with Crippen LogP contribution in [0.4, 0.5) is 0 Å². The maximum Gasteiger partial charge on any atom is 0.253 e. The number of pyridine rings is 1. The quantitative estimate of drug-likeness (QED) is 0.720. The summed E-state index contributed by atoms with van der Waals surface area (Å²) >= 11 is 0. The van der Waals surface area contributed by atoms with Crippen LogP contribution in [0.5, 0.6) is 0 Å². The van der Waals surface area contributed by atoms with E-state index in [1.54, 1.807) is 6.20 Å². The van der Waals surface area contributed by atoms with Gasteiger partial charge in [0.2, 0.25) is 0 Å². The number of nitrogens with zero attached hydrogens (tertiary/aromatic N) is 5. The summed E-state index contributed by atoms with van der Waals surface area (Å²) in [6.45, 7) is 5.38. The molecule has 1 fully saturated rings. The number of hydrogen-bond acceptors (Lipinski definition) is 4. The molecule has 1 amide bonds. The van der Waals surface area contributed by atoms with Crippen molar-refractivity contribution in [1.29, 1.82) is 0 Å². The summed E-state index contributed by atoms with van der Waals surface area (Å²) in [5.41, 5.74) is 3.40. The fraction of sp³-hybridized carbons (Fsp3) is 0.316. The Labute approximate surface area is 146 Å². The zero-order valence-corrected chi connectivity index (χ0v) is 14.5. The fourth-order valence-electron chi connectivity index (χ4n) is 3.28. The van der Waals surface area contributed by atoms with E-state index < -0.39 is 0 Å². The first-order valence-electron chi connectivity index (χ1n) is 8.52. The normalized spacial score (nSPS) is 15.7. The highest BCUT2D eigenvalue weighted by Crippen LogP contribution is 2.20. The highest BCUT2D eigenvalue weighted by atomic mass is 16.2. The standard InChI is InChI=1S/C19H21N5O/c1-14-21-17-4-3-9-20-18(17)24(14)16-7-5-15(6-8-16)19(25)23-12-10-22(2)11-13-23/h3-9H,10-13H2,1-2H3. The number of carbonyl (C=O) groups is 1. The molecule has 0 radical (unpaired) electrons. The fourth-order valence-corrected chi connectivity index (χ4v) is 3.28. The van der Waals surface area contributed by atoms with Gasteiger partial charge in [0.1, 0.15) is 11.3 Å². The van der Waals surface area contributed by atoms with Crippen LogP contribution in [0.15, 0.2) is 42.6 Å². The molecule has 4 rings (SSSR count). The van der Waals surface area contributed by atoms with Crippen molar-refractivity contribution in [3.63, 3.8) is 0 Å². The number of likely N-dealkylation sites (N-methyl/N-ethyl adjacent to an activating group) is 1. The lowest BCUT2D eigenvalue weighted by Gasteiger charge is -2.32. The summed E-state index contributed by atoms with van der Waals surface area (Å²) < 4.78 is 2.01. The maximum absolute atomic E-state index is 12.7. The van der Waals surface area contributed by atoms with Crippen LogP contribution >= 0.6 is 0 Å². The molecule has 0 unspecified atom stereocenters. The number of benzene rings is 1. The molecule has 25 heavy (non-hydrogen) atoms. The number of hydrogen-bond donors (Lipinski definition) is 0. The van der Waals surface area contributed by atoms with Crippen LogP contribution in [0.2, 0.25) is 0 Å². The van der Waals surface area contributed by atoms with Crippen LogP contribution in [0.25, 0.3) is 16.9 Å². The minimum Gasteiger partial charge on any atom is -0.336 e. The molecular formula is C19H21N5O. The molecule has 6 heteroatoms. The van der Waals surface area contributed by atoms with E-state index in [2.05, 4.69) is 21.9 Å². The van der Waals surface area contributed by atoms with Crippen LogP contribution < -0.4 is 0 Å². The molecule has 3 aromatic rings. The lowest BCUT2D eigenvalue weighted by molar-refractivity contribution is 0.0664. The van der Waals surface area contributed by atoms with Gasteiger partial charge in [0, 0.05) is 43.6 Å². The number of amides is 1. The third-order valence-electron chi connectivity index (χ3n) is 4.75. The predicted octanol–water partition coefficient (Wildman–Crippen LogP) is 2.12. The first-order valence-corrected chi connectivity index (χ1v) is 8.52. The largest absolute Gasteiger partial charge is 0.336 e. The molecule has 2 aromatic heterocycles. The topological polar surface area (TPSA) is 54.3 Å². The summed E-state index contributed by atoms with van der Waals surface area (Å²) in [5.74, 6) is 0.983. The second-order valence-electron chi connectivity index (χ2n) is 6.48. The highest BCUT2D eigenvalue weighted by Gasteiger charge is 2.20. The molecule has 0 atom stereocenters. The molecule has 3 heterocycles. The van der Waals surface area contributed by atoms with Crippen molar-refractivity contribution in [3.8, 4) is 5.69 Å². The lowest BCUT2D eigenvalue weighted by atomic mass is 10.1. The minimum absolute atomic E-state index is 0.102. The van der Waals surface area contributed by atoms with Crippen molar-refractivity contribution in [3.05, 3.63) is 54.0 Å². The van der Waals surface area contributed by atoms with E-state index in [4.69, 9.17) is 0 Å². The van der Waals surface area contributed by atoms with Crippen molar-refractivity contribution in [2.75, 3.05) is 33.2 Å². The minimum atomic E-state index is 0.102. The Morgan fingerprint density at radius 2 is 1.76 bits per heavy atom. The average Bonchev–Trinajstić information content (AvgIpc) is 2.97. The van der Waals surface area contributed by atoms with Crippen molar-refractivity contribution >= 4 is 17.1 Å². The Balaban J connectivity index is 1.61. The summed E-state index contributed by atoms with van der Waals surface area (Å²) in [6, 6.07) is 11.6. The molecule has 0 spiro atoms. The van der Waals surface area contributed by atoms with Crippen molar-refractivity contribution in [1.82, 2.24) is 24.3 Å². The van der Waals surface area contributed by atoms with Crippen molar-refractivity contribution in [2.45, 2.75) is 6.92 Å². The third-order valence-corrected chi connectivity index (χ3v) is 4.75. The van der Waals surface area contributed by atoms with Crippen LogP contribution in [0, 0.1) is 6.92 Å². The van der Waals surface area contributed by atoms with Gasteiger partial charge < -0.3 is 9.80 Å². The van der Waals surface area contributed by atoms with Gasteiger partial charge in [0.25, 0.3) is 5.91 Å². The second-order valence-corrected chi connectivity index (χ2v) is 6.48. The van der Waals surface area contributed by atoms with Gasteiger partial charge in [0.05, 0.1) is 0 Å². The highest BCUT2D eigenvalue weighted by molar-refractivity contribution is 5.94. The molecule has 0 bridgehead atoms. The Morgan fingerprint density at radius 3 is 2.48 bits per heavy atom. The molecule has 128 valence electrons. The van der Waals surface area contributed by atoms with Gasteiger partial charge in [-0.15, -0.1) is 0 Å². The van der Waals surface area contributed by atoms with Gasteiger partial charge in [-0.3, -0.25) is 9.36 Å². The maximum atomic E-state index is 12.7. The molecule has 1 aliphatic heterocycles. The SMILES string of the molecule is Cc1nc2cccnc2n1-c1ccc(C(=O)N2CCN(C)CC2)cc1. The number of rotatable bonds is 2. The van der Waals surface area contributed by atoms with E-state index in [0.29, 0.717) is 0 Å². The van der Waals surface area contributed by atoms with Crippen LogP contribution in [-0.2, 0) is 0 Å². The van der Waals surface area contributed by atoms with Gasteiger partial charge in [-0.2, -0.15) is 0 Å². The van der Waals surface area contributed by atoms with E-state index >= 15 is 0 Å². The van der Waals surface area contributed by atoms with E-state index in [9.17, 15) is 4.79 Å². The summed E-state index contributed by atoms with van der Waals surface area (Å²) in [6.07, 6.45) is 1.77. The molecule has 1 saturated heterocycles. The van der Waals surface area contributed by atoms with Gasteiger partial charge in [0.15, 0.2) is 5.65 Å². The zero-order chi connectivity index (χ0) is 17.4. The Kier molecular flexibility index (Phi) is 3.97. The molecule has 1 aliphatic rings. The van der Waals surface area contributed by atoms with E-state index in [1.165, 1.54) is 0 Å². The van der Waals surface area contributed by atoms with Gasteiger partial charge in [-0.25, -0.2) is 9.97 Å². The predicted molar refractivity (Wildman–Crippen MR) is 97.0 cm³/mol. The van der Waals surface area contributed by atoms with Crippen LogP contribution in [0.1, 0.15) is 16.2 Å². The third kappa shape index (κ3) is 2.89. The van der Waals surface area contributed by atoms with E-state index in [1.807, 2.05) is 52.8 Å². The number of imidazole rings is 1. The number of carbonyl (C=O) groups excluding carboxylic acids is 1.